The van der Waals surface area contributed by atoms with Crippen LogP contribution in [0.5, 0.6) is 5.75 Å². The van der Waals surface area contributed by atoms with Crippen molar-refractivity contribution in [3.8, 4) is 5.75 Å². The summed E-state index contributed by atoms with van der Waals surface area (Å²) in [4.78, 5) is 12.4. The zero-order valence-electron chi connectivity index (χ0n) is 14.1. The van der Waals surface area contributed by atoms with Gasteiger partial charge in [-0.15, -0.1) is 0 Å². The van der Waals surface area contributed by atoms with E-state index in [0.717, 1.165) is 17.4 Å². The van der Waals surface area contributed by atoms with Gasteiger partial charge in [0.2, 0.25) is 0 Å². The van der Waals surface area contributed by atoms with Crippen LogP contribution >= 0.6 is 0 Å². The summed E-state index contributed by atoms with van der Waals surface area (Å²) in [6, 6.07) is 11.2. The molecule has 0 saturated heterocycles. The third-order valence-electron chi connectivity index (χ3n) is 4.35. The molecule has 1 aliphatic rings. The maximum absolute atomic E-state index is 11.9. The molecule has 0 fully saturated rings. The highest BCUT2D eigenvalue weighted by atomic mass is 32.2. The average molecular weight is 374 g/mol. The molecule has 0 bridgehead atoms. The second-order valence-electron chi connectivity index (χ2n) is 6.13. The molecule has 8 heteroatoms. The highest BCUT2D eigenvalue weighted by molar-refractivity contribution is 7.90. The first-order valence-corrected chi connectivity index (χ1v) is 9.87. The fraction of sp³-hybridized carbons (Fsp3) is 0.222. The number of rotatable bonds is 4. The van der Waals surface area contributed by atoms with E-state index in [9.17, 15) is 23.6 Å². The van der Waals surface area contributed by atoms with Crippen LogP contribution in [0.15, 0.2) is 53.4 Å². The lowest BCUT2D eigenvalue weighted by Crippen LogP contribution is -2.29. The molecule has 0 spiro atoms. The first kappa shape index (κ1) is 17.9. The smallest absolute Gasteiger partial charge is 0.311 e. The van der Waals surface area contributed by atoms with Crippen molar-refractivity contribution in [2.45, 2.75) is 11.3 Å². The standard InChI is InChI=1S/C18H18N2O5S/c1-26(24,25)17-4-2-3-16(18(17)20(22)23)19-11-9-14(10-12-19)13-5-7-15(21)8-6-13/h2-9,21H,10-12H2,1H3. The molecule has 3 rings (SSSR count). The number of nitro groups is 1. The van der Waals surface area contributed by atoms with E-state index in [2.05, 4.69) is 0 Å². The number of sulfone groups is 1. The molecular formula is C18H18N2O5S. The molecule has 26 heavy (non-hydrogen) atoms. The summed E-state index contributed by atoms with van der Waals surface area (Å²) in [6.07, 6.45) is 3.59. The molecule has 0 aromatic heterocycles. The van der Waals surface area contributed by atoms with Crippen molar-refractivity contribution in [3.63, 3.8) is 0 Å². The van der Waals surface area contributed by atoms with Crippen molar-refractivity contribution >= 4 is 26.8 Å². The lowest BCUT2D eigenvalue weighted by atomic mass is 9.99. The van der Waals surface area contributed by atoms with Gasteiger partial charge in [0.25, 0.3) is 0 Å². The summed E-state index contributed by atoms with van der Waals surface area (Å²) in [5.41, 5.74) is 2.00. The van der Waals surface area contributed by atoms with E-state index in [4.69, 9.17) is 0 Å². The molecule has 0 amide bonds. The molecule has 7 nitrogen and oxygen atoms in total. The first-order chi connectivity index (χ1) is 12.3. The van der Waals surface area contributed by atoms with Gasteiger partial charge in [0.1, 0.15) is 16.3 Å². The maximum Gasteiger partial charge on any atom is 0.311 e. The van der Waals surface area contributed by atoms with Crippen LogP contribution in [0.3, 0.4) is 0 Å². The van der Waals surface area contributed by atoms with Crippen molar-refractivity contribution in [1.82, 2.24) is 0 Å². The van der Waals surface area contributed by atoms with Crippen molar-refractivity contribution < 1.29 is 18.4 Å². The lowest BCUT2D eigenvalue weighted by Gasteiger charge is -2.28. The molecular weight excluding hydrogens is 356 g/mol. The topological polar surface area (TPSA) is 101 Å². The van der Waals surface area contributed by atoms with E-state index < -0.39 is 14.8 Å². The Hall–Kier alpha value is -2.87. The Labute approximate surface area is 151 Å². The number of anilines is 1. The Morgan fingerprint density at radius 3 is 2.38 bits per heavy atom. The zero-order chi connectivity index (χ0) is 18.9. The summed E-state index contributed by atoms with van der Waals surface area (Å²) < 4.78 is 23.8. The van der Waals surface area contributed by atoms with Gasteiger partial charge < -0.3 is 10.0 Å². The van der Waals surface area contributed by atoms with Crippen LogP contribution in [0.25, 0.3) is 5.57 Å². The van der Waals surface area contributed by atoms with Crippen LogP contribution in [-0.4, -0.2) is 37.8 Å². The number of hydrogen-bond donors (Lipinski definition) is 1. The number of phenols is 1. The van der Waals surface area contributed by atoms with E-state index in [1.807, 2.05) is 18.2 Å². The third kappa shape index (κ3) is 3.55. The van der Waals surface area contributed by atoms with Crippen LogP contribution in [0, 0.1) is 10.1 Å². The van der Waals surface area contributed by atoms with Gasteiger partial charge in [0.05, 0.1) is 4.92 Å². The molecule has 1 N–H and O–H groups in total. The van der Waals surface area contributed by atoms with Gasteiger partial charge in [-0.05, 0) is 41.8 Å². The fourth-order valence-electron chi connectivity index (χ4n) is 3.07. The second kappa shape index (κ2) is 6.80. The Morgan fingerprint density at radius 2 is 1.85 bits per heavy atom. The minimum atomic E-state index is -3.70. The summed E-state index contributed by atoms with van der Waals surface area (Å²) >= 11 is 0. The van der Waals surface area contributed by atoms with Crippen LogP contribution in [0.2, 0.25) is 0 Å². The molecule has 2 aromatic carbocycles. The molecule has 0 radical (unpaired) electrons. The molecule has 0 aliphatic carbocycles. The minimum Gasteiger partial charge on any atom is -0.508 e. The quantitative estimate of drug-likeness (QED) is 0.652. The fourth-order valence-corrected chi connectivity index (χ4v) is 3.93. The number of para-hydroxylation sites is 1. The predicted octanol–water partition coefficient (Wildman–Crippen LogP) is 3.00. The van der Waals surface area contributed by atoms with Gasteiger partial charge in [0, 0.05) is 19.3 Å². The van der Waals surface area contributed by atoms with E-state index in [-0.39, 0.29) is 16.3 Å². The van der Waals surface area contributed by atoms with Gasteiger partial charge in [-0.1, -0.05) is 24.3 Å². The van der Waals surface area contributed by atoms with Gasteiger partial charge in [0.15, 0.2) is 9.84 Å². The van der Waals surface area contributed by atoms with Crippen LogP contribution in [0.1, 0.15) is 12.0 Å². The monoisotopic (exact) mass is 374 g/mol. The van der Waals surface area contributed by atoms with Crippen LogP contribution < -0.4 is 4.90 Å². The number of aromatic hydroxyl groups is 1. The van der Waals surface area contributed by atoms with Gasteiger partial charge >= 0.3 is 5.69 Å². The average Bonchev–Trinajstić information content (AvgIpc) is 2.61. The van der Waals surface area contributed by atoms with Gasteiger partial charge in [-0.2, -0.15) is 0 Å². The first-order valence-electron chi connectivity index (χ1n) is 7.98. The van der Waals surface area contributed by atoms with Gasteiger partial charge in [-0.3, -0.25) is 10.1 Å². The highest BCUT2D eigenvalue weighted by Gasteiger charge is 2.29. The Balaban J connectivity index is 1.94. The van der Waals surface area contributed by atoms with Crippen molar-refractivity contribution in [2.75, 3.05) is 24.2 Å². The zero-order valence-corrected chi connectivity index (χ0v) is 14.9. The summed E-state index contributed by atoms with van der Waals surface area (Å²) in [7, 11) is -3.70. The Morgan fingerprint density at radius 1 is 1.15 bits per heavy atom. The molecule has 1 heterocycles. The van der Waals surface area contributed by atoms with E-state index in [0.29, 0.717) is 25.2 Å². The van der Waals surface area contributed by atoms with Crippen molar-refractivity contribution in [2.24, 2.45) is 0 Å². The maximum atomic E-state index is 11.9. The van der Waals surface area contributed by atoms with Crippen LogP contribution in [0.4, 0.5) is 11.4 Å². The van der Waals surface area contributed by atoms with E-state index in [1.54, 1.807) is 23.1 Å². The Kier molecular flexibility index (Phi) is 4.69. The summed E-state index contributed by atoms with van der Waals surface area (Å²) in [5.74, 6) is 0.194. The van der Waals surface area contributed by atoms with Crippen molar-refractivity contribution in [1.29, 1.82) is 0 Å². The second-order valence-corrected chi connectivity index (χ2v) is 8.11. The molecule has 136 valence electrons. The highest BCUT2D eigenvalue weighted by Crippen LogP contribution is 2.36. The molecule has 0 saturated carbocycles. The summed E-state index contributed by atoms with van der Waals surface area (Å²) in [6.45, 7) is 0.963. The summed E-state index contributed by atoms with van der Waals surface area (Å²) in [5, 5.41) is 20.9. The molecule has 2 aromatic rings. The largest absolute Gasteiger partial charge is 0.508 e. The SMILES string of the molecule is CS(=O)(=O)c1cccc(N2CC=C(c3ccc(O)cc3)CC2)c1[N+](=O)[O-]. The molecule has 0 atom stereocenters. The number of benzene rings is 2. The number of phenolic OH excluding ortho intramolecular Hbond substituents is 1. The third-order valence-corrected chi connectivity index (χ3v) is 5.48. The lowest BCUT2D eigenvalue weighted by molar-refractivity contribution is -0.387. The van der Waals surface area contributed by atoms with Crippen LogP contribution in [-0.2, 0) is 9.84 Å². The number of hydrogen-bond acceptors (Lipinski definition) is 6. The molecule has 1 aliphatic heterocycles. The molecule has 0 unspecified atom stereocenters. The minimum absolute atomic E-state index is 0.194. The van der Waals surface area contributed by atoms with Gasteiger partial charge in [-0.25, -0.2) is 8.42 Å². The predicted molar refractivity (Wildman–Crippen MR) is 99.1 cm³/mol. The van der Waals surface area contributed by atoms with E-state index in [1.165, 1.54) is 12.1 Å². The van der Waals surface area contributed by atoms with Crippen molar-refractivity contribution in [3.05, 3.63) is 64.2 Å². The number of nitro benzene ring substituents is 1. The van der Waals surface area contributed by atoms with E-state index >= 15 is 0 Å². The normalized spacial score (nSPS) is 14.8. The Bertz CT molecular complexity index is 981. The number of nitrogens with zero attached hydrogens (tertiary/aromatic N) is 2.